The van der Waals surface area contributed by atoms with Gasteiger partial charge < -0.3 is 5.32 Å². The van der Waals surface area contributed by atoms with Crippen molar-refractivity contribution in [1.82, 2.24) is 5.32 Å². The van der Waals surface area contributed by atoms with Crippen LogP contribution in [0.4, 0.5) is 0 Å². The molecular weight excluding hydrogens is 338 g/mol. The van der Waals surface area contributed by atoms with Crippen LogP contribution in [-0.4, -0.2) is 11.7 Å². The summed E-state index contributed by atoms with van der Waals surface area (Å²) in [5, 5.41) is 3.85. The number of benzene rings is 2. The maximum absolute atomic E-state index is 12.2. The second kappa shape index (κ2) is 8.59. The van der Waals surface area contributed by atoms with E-state index >= 15 is 0 Å². The standard InChI is InChI=1S/C20H24ClNOS/c1-13-9-15(3)18(10-14(13)2)16(4)22-20(23)12-24-11-17-7-5-6-8-19(17)21/h5-10,16H,11-12H2,1-4H3,(H,22,23)/t16-/m1/s1. The van der Waals surface area contributed by atoms with Crippen molar-refractivity contribution in [3.63, 3.8) is 0 Å². The summed E-state index contributed by atoms with van der Waals surface area (Å²) in [6.07, 6.45) is 0. The van der Waals surface area contributed by atoms with Crippen LogP contribution < -0.4 is 5.32 Å². The molecular formula is C20H24ClNOS. The van der Waals surface area contributed by atoms with Gasteiger partial charge in [-0.15, -0.1) is 11.8 Å². The van der Waals surface area contributed by atoms with E-state index in [0.29, 0.717) is 5.75 Å². The van der Waals surface area contributed by atoms with Crippen molar-refractivity contribution in [1.29, 1.82) is 0 Å². The fraction of sp³-hybridized carbons (Fsp3) is 0.350. The minimum absolute atomic E-state index is 0.0118. The Balaban J connectivity index is 1.88. The minimum atomic E-state index is 0.0118. The maximum Gasteiger partial charge on any atom is 0.230 e. The highest BCUT2D eigenvalue weighted by molar-refractivity contribution is 7.99. The highest BCUT2D eigenvalue weighted by atomic mass is 35.5. The number of halogens is 1. The Bertz CT molecular complexity index is 730. The second-order valence-corrected chi connectivity index (χ2v) is 7.56. The Morgan fingerprint density at radius 2 is 1.79 bits per heavy atom. The summed E-state index contributed by atoms with van der Waals surface area (Å²) in [5.41, 5.74) is 6.00. The molecule has 2 aromatic rings. The molecule has 1 N–H and O–H groups in total. The van der Waals surface area contributed by atoms with Crippen LogP contribution in [0.1, 0.15) is 40.8 Å². The smallest absolute Gasteiger partial charge is 0.230 e. The molecule has 2 rings (SSSR count). The van der Waals surface area contributed by atoms with E-state index < -0.39 is 0 Å². The first-order valence-electron chi connectivity index (χ1n) is 8.06. The van der Waals surface area contributed by atoms with Crippen molar-refractivity contribution in [3.8, 4) is 0 Å². The lowest BCUT2D eigenvalue weighted by molar-refractivity contribution is -0.119. The third-order valence-corrected chi connectivity index (χ3v) is 5.53. The monoisotopic (exact) mass is 361 g/mol. The van der Waals surface area contributed by atoms with Gasteiger partial charge in [-0.3, -0.25) is 4.79 Å². The lowest BCUT2D eigenvalue weighted by atomic mass is 9.96. The number of hydrogen-bond donors (Lipinski definition) is 1. The van der Waals surface area contributed by atoms with Crippen molar-refractivity contribution in [2.24, 2.45) is 0 Å². The van der Waals surface area contributed by atoms with Crippen LogP contribution in [0.15, 0.2) is 36.4 Å². The van der Waals surface area contributed by atoms with Crippen LogP contribution >= 0.6 is 23.4 Å². The molecule has 0 aliphatic heterocycles. The fourth-order valence-electron chi connectivity index (χ4n) is 2.68. The summed E-state index contributed by atoms with van der Waals surface area (Å²) >= 11 is 7.71. The minimum Gasteiger partial charge on any atom is -0.349 e. The quantitative estimate of drug-likeness (QED) is 0.748. The number of hydrogen-bond acceptors (Lipinski definition) is 2. The van der Waals surface area contributed by atoms with Crippen LogP contribution in [0.3, 0.4) is 0 Å². The largest absolute Gasteiger partial charge is 0.349 e. The molecule has 2 aromatic carbocycles. The van der Waals surface area contributed by atoms with Crippen molar-refractivity contribution < 1.29 is 4.79 Å². The first-order valence-corrected chi connectivity index (χ1v) is 9.60. The maximum atomic E-state index is 12.2. The zero-order valence-electron chi connectivity index (χ0n) is 14.7. The molecule has 0 aliphatic carbocycles. The third-order valence-electron chi connectivity index (χ3n) is 4.17. The number of carbonyl (C=O) groups is 1. The van der Waals surface area contributed by atoms with Gasteiger partial charge in [0.2, 0.25) is 5.91 Å². The van der Waals surface area contributed by atoms with Gasteiger partial charge in [0.05, 0.1) is 11.8 Å². The molecule has 0 fully saturated rings. The van der Waals surface area contributed by atoms with Crippen molar-refractivity contribution in [2.75, 3.05) is 5.75 Å². The third kappa shape index (κ3) is 5.02. The van der Waals surface area contributed by atoms with Gasteiger partial charge in [-0.05, 0) is 61.6 Å². The van der Waals surface area contributed by atoms with Gasteiger partial charge in [0.15, 0.2) is 0 Å². The van der Waals surface area contributed by atoms with Crippen molar-refractivity contribution in [3.05, 3.63) is 69.2 Å². The molecule has 0 bridgehead atoms. The van der Waals surface area contributed by atoms with Crippen LogP contribution in [-0.2, 0) is 10.5 Å². The van der Waals surface area contributed by atoms with E-state index in [-0.39, 0.29) is 11.9 Å². The van der Waals surface area contributed by atoms with E-state index in [2.05, 4.69) is 38.2 Å². The van der Waals surface area contributed by atoms with E-state index in [0.717, 1.165) is 16.3 Å². The van der Waals surface area contributed by atoms with Gasteiger partial charge in [-0.25, -0.2) is 0 Å². The van der Waals surface area contributed by atoms with Crippen LogP contribution in [0, 0.1) is 20.8 Å². The molecule has 0 aromatic heterocycles. The van der Waals surface area contributed by atoms with Gasteiger partial charge >= 0.3 is 0 Å². The molecule has 2 nitrogen and oxygen atoms in total. The Labute approximate surface area is 154 Å². The first kappa shape index (κ1) is 18.9. The Kier molecular flexibility index (Phi) is 6.76. The number of thioether (sulfide) groups is 1. The van der Waals surface area contributed by atoms with E-state index in [1.54, 1.807) is 11.8 Å². The van der Waals surface area contributed by atoms with Crippen LogP contribution in [0.25, 0.3) is 0 Å². The summed E-state index contributed by atoms with van der Waals surface area (Å²) in [4.78, 5) is 12.2. The lowest BCUT2D eigenvalue weighted by Crippen LogP contribution is -2.28. The molecule has 0 aliphatic rings. The van der Waals surface area contributed by atoms with Gasteiger partial charge in [0.1, 0.15) is 0 Å². The van der Waals surface area contributed by atoms with Gasteiger partial charge in [0, 0.05) is 10.8 Å². The Hall–Kier alpha value is -1.45. The number of rotatable bonds is 6. The van der Waals surface area contributed by atoms with Gasteiger partial charge in [-0.1, -0.05) is 41.9 Å². The topological polar surface area (TPSA) is 29.1 Å². The molecule has 0 saturated heterocycles. The molecule has 128 valence electrons. The molecule has 24 heavy (non-hydrogen) atoms. The normalized spacial score (nSPS) is 12.0. The van der Waals surface area contributed by atoms with Crippen molar-refractivity contribution >= 4 is 29.3 Å². The van der Waals surface area contributed by atoms with Gasteiger partial charge in [0.25, 0.3) is 0 Å². The zero-order chi connectivity index (χ0) is 17.7. The summed E-state index contributed by atoms with van der Waals surface area (Å²) in [6, 6.07) is 12.1. The first-order chi connectivity index (χ1) is 11.4. The summed E-state index contributed by atoms with van der Waals surface area (Å²) < 4.78 is 0. The van der Waals surface area contributed by atoms with E-state index in [9.17, 15) is 4.79 Å². The molecule has 1 atom stereocenters. The lowest BCUT2D eigenvalue weighted by Gasteiger charge is -2.18. The number of nitrogens with one attached hydrogen (secondary N) is 1. The van der Waals surface area contributed by atoms with E-state index in [4.69, 9.17) is 11.6 Å². The highest BCUT2D eigenvalue weighted by Crippen LogP contribution is 2.23. The van der Waals surface area contributed by atoms with E-state index in [1.165, 1.54) is 22.3 Å². The van der Waals surface area contributed by atoms with Crippen LogP contribution in [0.2, 0.25) is 5.02 Å². The number of carbonyl (C=O) groups excluding carboxylic acids is 1. The molecule has 4 heteroatoms. The molecule has 0 spiro atoms. The Morgan fingerprint density at radius 3 is 2.50 bits per heavy atom. The SMILES string of the molecule is Cc1cc(C)c([C@@H](C)NC(=O)CSCc2ccccc2Cl)cc1C. The van der Waals surface area contributed by atoms with Crippen LogP contribution in [0.5, 0.6) is 0 Å². The fourth-order valence-corrected chi connectivity index (χ4v) is 3.80. The Morgan fingerprint density at radius 1 is 1.12 bits per heavy atom. The number of aryl methyl sites for hydroxylation is 3. The summed E-state index contributed by atoms with van der Waals surface area (Å²) in [7, 11) is 0. The number of amides is 1. The average molecular weight is 362 g/mol. The predicted molar refractivity (Wildman–Crippen MR) is 105 cm³/mol. The molecule has 0 unspecified atom stereocenters. The molecule has 0 heterocycles. The average Bonchev–Trinajstić information content (AvgIpc) is 2.52. The summed E-state index contributed by atoms with van der Waals surface area (Å²) in [5.74, 6) is 1.22. The molecule has 0 saturated carbocycles. The molecule has 0 radical (unpaired) electrons. The molecule has 1 amide bonds. The van der Waals surface area contributed by atoms with E-state index in [1.807, 2.05) is 31.2 Å². The predicted octanol–water partition coefficient (Wildman–Crippen LogP) is 5.38. The zero-order valence-corrected chi connectivity index (χ0v) is 16.2. The highest BCUT2D eigenvalue weighted by Gasteiger charge is 2.13. The summed E-state index contributed by atoms with van der Waals surface area (Å²) in [6.45, 7) is 8.34. The van der Waals surface area contributed by atoms with Gasteiger partial charge in [-0.2, -0.15) is 0 Å². The van der Waals surface area contributed by atoms with Crippen molar-refractivity contribution in [2.45, 2.75) is 39.5 Å². The second-order valence-electron chi connectivity index (χ2n) is 6.17.